The zero-order valence-electron chi connectivity index (χ0n) is 9.85. The first-order valence-electron chi connectivity index (χ1n) is 5.44. The largest absolute Gasteiger partial charge is 0.207 e. The Labute approximate surface area is 143 Å². The van der Waals surface area contributed by atoms with Crippen molar-refractivity contribution in [1.82, 2.24) is 0 Å². The zero-order chi connectivity index (χ0) is 14.2. The van der Waals surface area contributed by atoms with E-state index in [1.54, 1.807) is 13.0 Å². The molecule has 0 aliphatic carbocycles. The molecule has 0 saturated carbocycles. The van der Waals surface area contributed by atoms with Crippen LogP contribution in [0, 0.1) is 16.3 Å². The average molecular weight is 474 g/mol. The molecule has 0 radical (unpaired) electrons. The zero-order valence-corrected chi connectivity index (χ0v) is 15.1. The molecular formula is C14H9BrCl2FI. The molecule has 2 rings (SSSR count). The number of alkyl halides is 1. The lowest BCUT2D eigenvalue weighted by atomic mass is 10.0. The Kier molecular flexibility index (Phi) is 5.15. The third kappa shape index (κ3) is 3.43. The van der Waals surface area contributed by atoms with E-state index in [4.69, 9.17) is 23.2 Å². The van der Waals surface area contributed by atoms with Gasteiger partial charge in [-0.3, -0.25) is 0 Å². The van der Waals surface area contributed by atoms with E-state index >= 15 is 0 Å². The number of hydrogen-bond donors (Lipinski definition) is 0. The van der Waals surface area contributed by atoms with E-state index in [2.05, 4.69) is 38.5 Å². The molecule has 1 unspecified atom stereocenters. The Morgan fingerprint density at radius 3 is 2.58 bits per heavy atom. The van der Waals surface area contributed by atoms with Crippen LogP contribution in [0.1, 0.15) is 22.1 Å². The van der Waals surface area contributed by atoms with Crippen LogP contribution in [0.3, 0.4) is 0 Å². The minimum atomic E-state index is -0.420. The van der Waals surface area contributed by atoms with Gasteiger partial charge in [0.05, 0.1) is 5.38 Å². The standard InChI is InChI=1S/C14H9BrCl2FI/c1-7-4-10(12(16)6-13(7)18)14(17)9-5-8(19)2-3-11(9)15/h2-6,14H,1H3. The lowest BCUT2D eigenvalue weighted by Crippen LogP contribution is -1.98. The molecule has 2 aromatic rings. The van der Waals surface area contributed by atoms with E-state index in [0.29, 0.717) is 16.1 Å². The second-order valence-electron chi connectivity index (χ2n) is 4.15. The van der Waals surface area contributed by atoms with Crippen molar-refractivity contribution in [3.8, 4) is 0 Å². The topological polar surface area (TPSA) is 0 Å². The van der Waals surface area contributed by atoms with Gasteiger partial charge in [0.25, 0.3) is 0 Å². The monoisotopic (exact) mass is 472 g/mol. The summed E-state index contributed by atoms with van der Waals surface area (Å²) in [5, 5.41) is -0.0789. The summed E-state index contributed by atoms with van der Waals surface area (Å²) in [5.74, 6) is -0.320. The van der Waals surface area contributed by atoms with Crippen molar-refractivity contribution >= 4 is 61.7 Å². The van der Waals surface area contributed by atoms with Gasteiger partial charge in [0.2, 0.25) is 0 Å². The Morgan fingerprint density at radius 2 is 1.89 bits per heavy atom. The molecule has 19 heavy (non-hydrogen) atoms. The minimum Gasteiger partial charge on any atom is -0.207 e. The fourth-order valence-corrected chi connectivity index (χ4v) is 3.55. The molecule has 0 N–H and O–H groups in total. The highest BCUT2D eigenvalue weighted by atomic mass is 127. The van der Waals surface area contributed by atoms with Crippen LogP contribution < -0.4 is 0 Å². The summed E-state index contributed by atoms with van der Waals surface area (Å²) < 4.78 is 15.4. The molecule has 0 heterocycles. The van der Waals surface area contributed by atoms with E-state index in [9.17, 15) is 4.39 Å². The Bertz CT molecular complexity index is 631. The smallest absolute Gasteiger partial charge is 0.127 e. The predicted octanol–water partition coefficient (Wildman–Crippen LogP) is 6.48. The predicted molar refractivity (Wildman–Crippen MR) is 90.7 cm³/mol. The normalized spacial score (nSPS) is 12.5. The summed E-state index contributed by atoms with van der Waals surface area (Å²) in [4.78, 5) is 0. The molecule has 0 bridgehead atoms. The second-order valence-corrected chi connectivity index (χ2v) is 7.09. The number of halogens is 5. The number of benzene rings is 2. The molecular weight excluding hydrogens is 465 g/mol. The van der Waals surface area contributed by atoms with Crippen LogP contribution in [-0.4, -0.2) is 0 Å². The highest BCUT2D eigenvalue weighted by molar-refractivity contribution is 14.1. The summed E-state index contributed by atoms with van der Waals surface area (Å²) in [6.45, 7) is 1.70. The van der Waals surface area contributed by atoms with E-state index in [-0.39, 0.29) is 5.82 Å². The fraction of sp³-hybridized carbons (Fsp3) is 0.143. The van der Waals surface area contributed by atoms with Crippen LogP contribution in [0.5, 0.6) is 0 Å². The van der Waals surface area contributed by atoms with E-state index < -0.39 is 5.38 Å². The average Bonchev–Trinajstić information content (AvgIpc) is 2.36. The Hall–Kier alpha value is 0.160. The van der Waals surface area contributed by atoms with Gasteiger partial charge in [-0.25, -0.2) is 4.39 Å². The van der Waals surface area contributed by atoms with Crippen LogP contribution in [0.15, 0.2) is 34.8 Å². The van der Waals surface area contributed by atoms with Crippen LogP contribution in [0.2, 0.25) is 5.02 Å². The van der Waals surface area contributed by atoms with Crippen molar-refractivity contribution in [2.45, 2.75) is 12.3 Å². The van der Waals surface area contributed by atoms with Gasteiger partial charge in [-0.05, 0) is 76.5 Å². The lowest BCUT2D eigenvalue weighted by molar-refractivity contribution is 0.618. The van der Waals surface area contributed by atoms with Gasteiger partial charge < -0.3 is 0 Å². The van der Waals surface area contributed by atoms with Crippen molar-refractivity contribution < 1.29 is 4.39 Å². The summed E-state index contributed by atoms with van der Waals surface area (Å²) in [6, 6.07) is 8.91. The van der Waals surface area contributed by atoms with Crippen molar-refractivity contribution in [1.29, 1.82) is 0 Å². The SMILES string of the molecule is Cc1cc(C(Cl)c2cc(I)ccc2Br)c(Cl)cc1F. The first-order valence-corrected chi connectivity index (χ1v) is 8.13. The minimum absolute atomic E-state index is 0.320. The Balaban J connectivity index is 2.52. The van der Waals surface area contributed by atoms with Gasteiger partial charge in [-0.15, -0.1) is 11.6 Å². The first kappa shape index (κ1) is 15.5. The maximum atomic E-state index is 13.4. The molecule has 0 aliphatic heterocycles. The molecule has 0 aliphatic rings. The number of aryl methyl sites for hydroxylation is 1. The van der Waals surface area contributed by atoms with Crippen LogP contribution >= 0.6 is 61.7 Å². The molecule has 5 heteroatoms. The van der Waals surface area contributed by atoms with Gasteiger partial charge in [0.1, 0.15) is 5.82 Å². The maximum absolute atomic E-state index is 13.4. The van der Waals surface area contributed by atoms with E-state index in [1.165, 1.54) is 6.07 Å². The summed E-state index contributed by atoms with van der Waals surface area (Å²) >= 11 is 18.3. The van der Waals surface area contributed by atoms with Crippen molar-refractivity contribution in [2.75, 3.05) is 0 Å². The summed E-state index contributed by atoms with van der Waals surface area (Å²) in [7, 11) is 0. The van der Waals surface area contributed by atoms with Crippen LogP contribution in [-0.2, 0) is 0 Å². The van der Waals surface area contributed by atoms with Crippen LogP contribution in [0.25, 0.3) is 0 Å². The van der Waals surface area contributed by atoms with Gasteiger partial charge >= 0.3 is 0 Å². The molecule has 0 aromatic heterocycles. The molecule has 0 saturated heterocycles. The Morgan fingerprint density at radius 1 is 1.21 bits per heavy atom. The van der Waals surface area contributed by atoms with Gasteiger partial charge in [0, 0.05) is 13.1 Å². The number of rotatable bonds is 2. The highest BCUT2D eigenvalue weighted by Crippen LogP contribution is 2.38. The first-order chi connectivity index (χ1) is 8.90. The fourth-order valence-electron chi connectivity index (χ4n) is 1.75. The molecule has 100 valence electrons. The van der Waals surface area contributed by atoms with Crippen molar-refractivity contribution in [2.24, 2.45) is 0 Å². The summed E-state index contributed by atoms with van der Waals surface area (Å²) in [5.41, 5.74) is 2.17. The molecule has 0 nitrogen and oxygen atoms in total. The van der Waals surface area contributed by atoms with Gasteiger partial charge in [0.15, 0.2) is 0 Å². The van der Waals surface area contributed by atoms with E-state index in [1.807, 2.05) is 18.2 Å². The maximum Gasteiger partial charge on any atom is 0.127 e. The number of hydrogen-bond acceptors (Lipinski definition) is 0. The highest BCUT2D eigenvalue weighted by Gasteiger charge is 2.18. The van der Waals surface area contributed by atoms with Crippen molar-refractivity contribution in [3.63, 3.8) is 0 Å². The molecule has 2 aromatic carbocycles. The third-order valence-electron chi connectivity index (χ3n) is 2.78. The second kappa shape index (κ2) is 6.29. The van der Waals surface area contributed by atoms with Crippen LogP contribution in [0.4, 0.5) is 4.39 Å². The van der Waals surface area contributed by atoms with Gasteiger partial charge in [-0.1, -0.05) is 27.5 Å². The molecule has 0 amide bonds. The quantitative estimate of drug-likeness (QED) is 0.346. The molecule has 0 spiro atoms. The summed E-state index contributed by atoms with van der Waals surface area (Å²) in [6.07, 6.45) is 0. The van der Waals surface area contributed by atoms with E-state index in [0.717, 1.165) is 13.6 Å². The molecule has 1 atom stereocenters. The third-order valence-corrected chi connectivity index (χ3v) is 4.97. The lowest BCUT2D eigenvalue weighted by Gasteiger charge is -2.15. The molecule has 0 fully saturated rings. The van der Waals surface area contributed by atoms with Gasteiger partial charge in [-0.2, -0.15) is 0 Å². The van der Waals surface area contributed by atoms with Crippen molar-refractivity contribution in [3.05, 3.63) is 65.9 Å².